The van der Waals surface area contributed by atoms with Crippen LogP contribution in [0.2, 0.25) is 0 Å². The molecular weight excluding hydrogens is 234 g/mol. The fourth-order valence-electron chi connectivity index (χ4n) is 1.38. The lowest BCUT2D eigenvalue weighted by atomic mass is 10.3. The van der Waals surface area contributed by atoms with E-state index in [1.54, 1.807) is 13.3 Å². The maximum Gasteiger partial charge on any atom is 0.404 e. The third-order valence-corrected chi connectivity index (χ3v) is 2.33. The molecule has 0 saturated carbocycles. The minimum absolute atomic E-state index is 0.373. The van der Waals surface area contributed by atoms with Crippen molar-refractivity contribution < 1.29 is 14.3 Å². The first-order chi connectivity index (χ1) is 8.72. The first kappa shape index (κ1) is 14.2. The number of hydrogen-bond acceptors (Lipinski definition) is 5. The minimum Gasteiger partial charge on any atom is -0.495 e. The molecule has 0 fully saturated rings. The Bertz CT molecular complexity index is 354. The normalized spacial score (nSPS) is 10.1. The number of pyridine rings is 1. The lowest BCUT2D eigenvalue weighted by Crippen LogP contribution is -2.17. The summed E-state index contributed by atoms with van der Waals surface area (Å²) in [7, 11) is 1.61. The second-order valence-corrected chi connectivity index (χ2v) is 3.74. The average molecular weight is 253 g/mol. The van der Waals surface area contributed by atoms with E-state index in [4.69, 9.17) is 10.5 Å². The van der Waals surface area contributed by atoms with Crippen molar-refractivity contribution in [1.29, 1.82) is 0 Å². The van der Waals surface area contributed by atoms with Gasteiger partial charge in [0.2, 0.25) is 0 Å². The molecule has 1 heterocycles. The molecule has 0 aromatic carbocycles. The number of ether oxygens (including phenoxy) is 2. The highest BCUT2D eigenvalue weighted by Gasteiger charge is 1.96. The summed E-state index contributed by atoms with van der Waals surface area (Å²) in [5, 5.41) is 3.25. The fourth-order valence-corrected chi connectivity index (χ4v) is 1.38. The van der Waals surface area contributed by atoms with E-state index in [-0.39, 0.29) is 0 Å². The number of unbranched alkanes of at least 4 members (excludes halogenated alkanes) is 1. The van der Waals surface area contributed by atoms with Gasteiger partial charge in [-0.3, -0.25) is 4.98 Å². The highest BCUT2D eigenvalue weighted by Crippen LogP contribution is 2.07. The maximum atomic E-state index is 10.3. The molecule has 1 aromatic heterocycles. The lowest BCUT2D eigenvalue weighted by molar-refractivity contribution is 0.154. The second kappa shape index (κ2) is 8.30. The first-order valence-electron chi connectivity index (χ1n) is 5.84. The Kier molecular flexibility index (Phi) is 6.56. The summed E-state index contributed by atoms with van der Waals surface area (Å²) in [6, 6.07) is 3.80. The van der Waals surface area contributed by atoms with Crippen molar-refractivity contribution in [3.63, 3.8) is 0 Å². The predicted octanol–water partition coefficient (Wildman–Crippen LogP) is 1.06. The molecule has 0 aliphatic carbocycles. The molecule has 0 aliphatic heterocycles. The quantitative estimate of drug-likeness (QED) is 0.676. The second-order valence-electron chi connectivity index (χ2n) is 3.74. The number of nitrogens with one attached hydrogen (secondary N) is 1. The molecular formula is C12H19N3O3. The number of carbonyl (C=O) groups excluding carboxylic acids is 1. The van der Waals surface area contributed by atoms with Crippen LogP contribution in [0, 0.1) is 0 Å². The summed E-state index contributed by atoms with van der Waals surface area (Å²) in [4.78, 5) is 14.5. The van der Waals surface area contributed by atoms with Crippen molar-refractivity contribution in [2.75, 3.05) is 20.3 Å². The maximum absolute atomic E-state index is 10.3. The summed E-state index contributed by atoms with van der Waals surface area (Å²) in [6.07, 6.45) is 2.69. The Hall–Kier alpha value is -1.82. The Labute approximate surface area is 106 Å². The Morgan fingerprint density at radius 3 is 2.89 bits per heavy atom. The van der Waals surface area contributed by atoms with Crippen LogP contribution in [0.1, 0.15) is 18.5 Å². The van der Waals surface area contributed by atoms with E-state index < -0.39 is 6.09 Å². The van der Waals surface area contributed by atoms with Crippen molar-refractivity contribution in [2.24, 2.45) is 5.73 Å². The number of carbonyl (C=O) groups is 1. The molecule has 0 spiro atoms. The van der Waals surface area contributed by atoms with Gasteiger partial charge in [-0.2, -0.15) is 0 Å². The van der Waals surface area contributed by atoms with E-state index in [9.17, 15) is 4.79 Å². The van der Waals surface area contributed by atoms with E-state index in [0.717, 1.165) is 30.8 Å². The molecule has 3 N–H and O–H groups in total. The molecule has 18 heavy (non-hydrogen) atoms. The molecule has 1 rings (SSSR count). The van der Waals surface area contributed by atoms with Crippen molar-refractivity contribution in [2.45, 2.75) is 19.4 Å². The van der Waals surface area contributed by atoms with Crippen LogP contribution in [-0.4, -0.2) is 31.3 Å². The zero-order chi connectivity index (χ0) is 13.2. The van der Waals surface area contributed by atoms with Gasteiger partial charge in [0.05, 0.1) is 25.6 Å². The molecule has 0 bridgehead atoms. The smallest absolute Gasteiger partial charge is 0.404 e. The van der Waals surface area contributed by atoms with Gasteiger partial charge in [-0.1, -0.05) is 0 Å². The molecule has 1 amide bonds. The number of hydrogen-bond donors (Lipinski definition) is 2. The average Bonchev–Trinajstić information content (AvgIpc) is 2.38. The van der Waals surface area contributed by atoms with Crippen LogP contribution in [0.25, 0.3) is 0 Å². The molecule has 0 atom stereocenters. The SMILES string of the molecule is COc1ccc(CNCCCCOC(N)=O)nc1. The van der Waals surface area contributed by atoms with E-state index >= 15 is 0 Å². The standard InChI is InChI=1S/C12H19N3O3/c1-17-11-5-4-10(15-9-11)8-14-6-2-3-7-18-12(13)16/h4-5,9,14H,2-3,6-8H2,1H3,(H2,13,16). The molecule has 6 heteroatoms. The molecule has 6 nitrogen and oxygen atoms in total. The Morgan fingerprint density at radius 1 is 1.44 bits per heavy atom. The highest BCUT2D eigenvalue weighted by molar-refractivity contribution is 5.64. The van der Waals surface area contributed by atoms with Crippen LogP contribution in [0.3, 0.4) is 0 Å². The Balaban J connectivity index is 2.05. The van der Waals surface area contributed by atoms with Crippen LogP contribution < -0.4 is 15.8 Å². The topological polar surface area (TPSA) is 86.5 Å². The van der Waals surface area contributed by atoms with Crippen molar-refractivity contribution in [3.8, 4) is 5.75 Å². The largest absolute Gasteiger partial charge is 0.495 e. The van der Waals surface area contributed by atoms with Crippen molar-refractivity contribution in [1.82, 2.24) is 10.3 Å². The van der Waals surface area contributed by atoms with Gasteiger partial charge in [0.15, 0.2) is 0 Å². The molecule has 0 unspecified atom stereocenters. The zero-order valence-corrected chi connectivity index (χ0v) is 10.5. The summed E-state index contributed by atoms with van der Waals surface area (Å²) >= 11 is 0. The van der Waals surface area contributed by atoms with Crippen LogP contribution in [0.4, 0.5) is 4.79 Å². The van der Waals surface area contributed by atoms with Gasteiger partial charge >= 0.3 is 6.09 Å². The summed E-state index contributed by atoms with van der Waals surface area (Å²) in [6.45, 7) is 1.92. The number of methoxy groups -OCH3 is 1. The third kappa shape index (κ3) is 6.05. The third-order valence-electron chi connectivity index (χ3n) is 2.33. The van der Waals surface area contributed by atoms with Gasteiger partial charge in [-0.25, -0.2) is 4.79 Å². The summed E-state index contributed by atoms with van der Waals surface area (Å²) in [5.74, 6) is 0.752. The molecule has 100 valence electrons. The summed E-state index contributed by atoms with van der Waals surface area (Å²) in [5.41, 5.74) is 5.80. The van der Waals surface area contributed by atoms with E-state index in [1.807, 2.05) is 12.1 Å². The number of aromatic nitrogens is 1. The predicted molar refractivity (Wildman–Crippen MR) is 67.3 cm³/mol. The van der Waals surface area contributed by atoms with Crippen LogP contribution in [0.15, 0.2) is 18.3 Å². The molecule has 0 radical (unpaired) electrons. The monoisotopic (exact) mass is 253 g/mol. The van der Waals surface area contributed by atoms with Crippen molar-refractivity contribution >= 4 is 6.09 Å². The highest BCUT2D eigenvalue weighted by atomic mass is 16.5. The molecule has 0 aliphatic rings. The number of amides is 1. The molecule has 0 saturated heterocycles. The van der Waals surface area contributed by atoms with Gasteiger partial charge in [0.1, 0.15) is 5.75 Å². The summed E-state index contributed by atoms with van der Waals surface area (Å²) < 4.78 is 9.64. The van der Waals surface area contributed by atoms with Crippen LogP contribution in [0.5, 0.6) is 5.75 Å². The van der Waals surface area contributed by atoms with Gasteiger partial charge in [0, 0.05) is 6.54 Å². The van der Waals surface area contributed by atoms with Gasteiger partial charge in [-0.15, -0.1) is 0 Å². The van der Waals surface area contributed by atoms with Crippen LogP contribution >= 0.6 is 0 Å². The van der Waals surface area contributed by atoms with Crippen LogP contribution in [-0.2, 0) is 11.3 Å². The van der Waals surface area contributed by atoms with Crippen molar-refractivity contribution in [3.05, 3.63) is 24.0 Å². The number of nitrogens with zero attached hydrogens (tertiary/aromatic N) is 1. The zero-order valence-electron chi connectivity index (χ0n) is 10.5. The van der Waals surface area contributed by atoms with E-state index in [0.29, 0.717) is 13.2 Å². The van der Waals surface area contributed by atoms with E-state index in [2.05, 4.69) is 15.0 Å². The van der Waals surface area contributed by atoms with E-state index in [1.165, 1.54) is 0 Å². The van der Waals surface area contributed by atoms with Gasteiger partial charge < -0.3 is 20.5 Å². The Morgan fingerprint density at radius 2 is 2.28 bits per heavy atom. The molecule has 1 aromatic rings. The number of rotatable bonds is 8. The number of nitrogens with two attached hydrogens (primary N) is 1. The van der Waals surface area contributed by atoms with Gasteiger partial charge in [0.25, 0.3) is 0 Å². The lowest BCUT2D eigenvalue weighted by Gasteiger charge is -2.05. The minimum atomic E-state index is -0.717. The fraction of sp³-hybridized carbons (Fsp3) is 0.500. The van der Waals surface area contributed by atoms with Gasteiger partial charge in [-0.05, 0) is 31.5 Å². The first-order valence-corrected chi connectivity index (χ1v) is 5.84. The number of primary amides is 1.